The maximum Gasteiger partial charge on any atom is 0.341 e. The van der Waals surface area contributed by atoms with Crippen molar-refractivity contribution in [3.05, 3.63) is 40.2 Å². The molecule has 2 heterocycles. The van der Waals surface area contributed by atoms with Crippen LogP contribution < -0.4 is 10.3 Å². The molecule has 0 radical (unpaired) electrons. The fraction of sp³-hybridized carbons (Fsp3) is 0.522. The number of carboxylic acid groups (broad SMARTS) is 1. The molecule has 1 N–H and O–H groups in total. The number of carbonyl (C=O) groups is 2. The molecule has 1 aromatic carbocycles. The molecule has 3 rings (SSSR count). The van der Waals surface area contributed by atoms with E-state index in [9.17, 15) is 18.9 Å². The van der Waals surface area contributed by atoms with Gasteiger partial charge in [0.25, 0.3) is 0 Å². The van der Waals surface area contributed by atoms with Gasteiger partial charge in [0, 0.05) is 37.3 Å². The third-order valence-corrected chi connectivity index (χ3v) is 5.27. The van der Waals surface area contributed by atoms with Gasteiger partial charge in [0.05, 0.1) is 11.7 Å². The lowest BCUT2D eigenvalue weighted by Crippen LogP contribution is -2.58. The Morgan fingerprint density at radius 1 is 1.25 bits per heavy atom. The topological polar surface area (TPSA) is 92.1 Å². The molecule has 0 aliphatic carbocycles. The normalized spacial score (nSPS) is 17.7. The summed E-state index contributed by atoms with van der Waals surface area (Å²) in [5.74, 6) is -1.42. The first-order chi connectivity index (χ1) is 14.9. The maximum absolute atomic E-state index is 14.6. The third kappa shape index (κ3) is 5.09. The van der Waals surface area contributed by atoms with E-state index in [0.29, 0.717) is 30.9 Å². The molecule has 9 heteroatoms. The molecule has 0 amide bonds. The number of rotatable bonds is 5. The summed E-state index contributed by atoms with van der Waals surface area (Å²) in [6.07, 6.45) is 0.669. The second-order valence-corrected chi connectivity index (χ2v) is 9.59. The van der Waals surface area contributed by atoms with E-state index >= 15 is 0 Å². The number of anilines is 1. The fourth-order valence-corrected chi connectivity index (χ4v) is 4.01. The van der Waals surface area contributed by atoms with Crippen molar-refractivity contribution in [3.8, 4) is 0 Å². The lowest BCUT2D eigenvalue weighted by molar-refractivity contribution is -0.157. The second-order valence-electron chi connectivity index (χ2n) is 9.59. The Bertz CT molecular complexity index is 1090. The predicted molar refractivity (Wildman–Crippen MR) is 120 cm³/mol. The molecule has 1 unspecified atom stereocenters. The molecule has 174 valence electrons. The van der Waals surface area contributed by atoms with Gasteiger partial charge in [-0.25, -0.2) is 9.59 Å². The van der Waals surface area contributed by atoms with Crippen molar-refractivity contribution in [2.24, 2.45) is 5.92 Å². The number of benzene rings is 1. The van der Waals surface area contributed by atoms with Gasteiger partial charge in [0.2, 0.25) is 5.43 Å². The van der Waals surface area contributed by atoms with Crippen LogP contribution in [-0.2, 0) is 9.53 Å². The Kier molecular flexibility index (Phi) is 6.59. The molecule has 1 aromatic heterocycles. The number of hydrogen-bond acceptors (Lipinski definition) is 6. The van der Waals surface area contributed by atoms with E-state index in [0.717, 1.165) is 13.1 Å². The summed E-state index contributed by atoms with van der Waals surface area (Å²) < 4.78 is 20.3. The molecule has 1 aliphatic rings. The van der Waals surface area contributed by atoms with Gasteiger partial charge >= 0.3 is 11.9 Å². The second kappa shape index (κ2) is 8.90. The predicted octanol–water partition coefficient (Wildman–Crippen LogP) is 2.92. The number of carbonyl (C=O) groups excluding carboxylic acids is 1. The first-order valence-corrected chi connectivity index (χ1v) is 10.7. The highest BCUT2D eigenvalue weighted by molar-refractivity contribution is 5.93. The summed E-state index contributed by atoms with van der Waals surface area (Å²) in [7, 11) is 0. The number of aromatic carboxylic acids is 1. The molecule has 1 saturated heterocycles. The molecule has 0 spiro atoms. The van der Waals surface area contributed by atoms with E-state index < -0.39 is 28.6 Å². The van der Waals surface area contributed by atoms with Crippen LogP contribution in [-0.4, -0.2) is 64.6 Å². The molecule has 1 fully saturated rings. The Morgan fingerprint density at radius 3 is 2.53 bits per heavy atom. The molecular weight excluding hydrogens is 417 g/mol. The number of piperazine rings is 1. The van der Waals surface area contributed by atoms with Crippen molar-refractivity contribution in [1.82, 2.24) is 9.69 Å². The summed E-state index contributed by atoms with van der Waals surface area (Å²) >= 11 is 0. The number of aromatic nitrogens is 1. The Labute approximate surface area is 186 Å². The van der Waals surface area contributed by atoms with E-state index in [4.69, 9.17) is 9.84 Å². The van der Waals surface area contributed by atoms with E-state index in [1.54, 1.807) is 6.07 Å². The van der Waals surface area contributed by atoms with E-state index in [1.807, 2.05) is 25.7 Å². The van der Waals surface area contributed by atoms with Gasteiger partial charge in [-0.1, -0.05) is 18.3 Å². The minimum absolute atomic E-state index is 0.0385. The minimum Gasteiger partial charge on any atom is -0.477 e. The van der Waals surface area contributed by atoms with Gasteiger partial charge in [-0.3, -0.25) is 9.69 Å². The van der Waals surface area contributed by atoms with Crippen LogP contribution in [0, 0.1) is 5.92 Å². The summed E-state index contributed by atoms with van der Waals surface area (Å²) in [4.78, 5) is 40.9. The molecule has 0 bridgehead atoms. The highest BCUT2D eigenvalue weighted by Gasteiger charge is 2.36. The Morgan fingerprint density at radius 2 is 1.94 bits per heavy atom. The summed E-state index contributed by atoms with van der Waals surface area (Å²) in [5.41, 5.74) is -1.53. The fourth-order valence-electron chi connectivity index (χ4n) is 4.01. The summed E-state index contributed by atoms with van der Waals surface area (Å²) in [6.45, 7) is 12.2. The lowest BCUT2D eigenvalue weighted by atomic mass is 10.1. The number of halogens is 1. The molecule has 1 aliphatic heterocycles. The number of carboxylic acids is 1. The number of hydrogen-bond donors (Lipinski definition) is 1. The van der Waals surface area contributed by atoms with Crippen LogP contribution in [0.3, 0.4) is 0 Å². The van der Waals surface area contributed by atoms with E-state index in [-0.39, 0.29) is 21.7 Å². The largest absolute Gasteiger partial charge is 0.477 e. The number of ether oxygens (including phenoxy) is 1. The number of nitrogens with zero attached hydrogens (tertiary/aromatic N) is 3. The van der Waals surface area contributed by atoms with E-state index in [2.05, 4.69) is 18.7 Å². The van der Waals surface area contributed by atoms with Crippen LogP contribution in [0.1, 0.15) is 45.0 Å². The zero-order valence-corrected chi connectivity index (χ0v) is 19.1. The van der Waals surface area contributed by atoms with Crippen LogP contribution in [0.4, 0.5) is 10.2 Å². The number of pyridine rings is 1. The average Bonchev–Trinajstić information content (AvgIpc) is 2.68. The monoisotopic (exact) mass is 447 g/mol. The van der Waals surface area contributed by atoms with Gasteiger partial charge < -0.3 is 14.7 Å². The van der Waals surface area contributed by atoms with Crippen molar-refractivity contribution in [2.45, 2.75) is 46.3 Å². The van der Waals surface area contributed by atoms with Crippen LogP contribution in [0.2, 0.25) is 0 Å². The molecule has 2 aromatic rings. The van der Waals surface area contributed by atoms with Gasteiger partial charge in [0.1, 0.15) is 17.2 Å². The lowest BCUT2D eigenvalue weighted by Gasteiger charge is -2.42. The molecule has 1 atom stereocenters. The van der Waals surface area contributed by atoms with Gasteiger partial charge in [-0.05, 0) is 44.9 Å². The quantitative estimate of drug-likeness (QED) is 0.705. The minimum atomic E-state index is -1.49. The zero-order chi connectivity index (χ0) is 23.8. The zero-order valence-electron chi connectivity index (χ0n) is 19.1. The third-order valence-electron chi connectivity index (χ3n) is 5.27. The van der Waals surface area contributed by atoms with Crippen molar-refractivity contribution < 1.29 is 23.9 Å². The van der Waals surface area contributed by atoms with Crippen molar-refractivity contribution in [2.75, 3.05) is 31.1 Å². The standard InChI is InChI=1S/C23H30FN3O5/c1-14(2)11-25-8-9-26(19(13-25)22(31)32-23(3,4)5)15-6-7-16-18(10-15)27(24)12-17(20(16)28)21(29)30/h6-7,10,12,14,19H,8-9,11,13H2,1-5H3,(H,29,30). The molecule has 32 heavy (non-hydrogen) atoms. The highest BCUT2D eigenvalue weighted by Crippen LogP contribution is 2.27. The van der Waals surface area contributed by atoms with Crippen LogP contribution >= 0.6 is 0 Å². The molecular formula is C23H30FN3O5. The van der Waals surface area contributed by atoms with Crippen molar-refractivity contribution >= 4 is 28.5 Å². The van der Waals surface area contributed by atoms with E-state index in [1.165, 1.54) is 12.1 Å². The van der Waals surface area contributed by atoms with Gasteiger partial charge in [-0.15, -0.1) is 0 Å². The van der Waals surface area contributed by atoms with Crippen molar-refractivity contribution in [3.63, 3.8) is 0 Å². The molecule has 8 nitrogen and oxygen atoms in total. The summed E-state index contributed by atoms with van der Waals surface area (Å²) in [5, 5.41) is 9.10. The molecule has 0 saturated carbocycles. The van der Waals surface area contributed by atoms with Gasteiger partial charge in [0.15, 0.2) is 0 Å². The van der Waals surface area contributed by atoms with Gasteiger partial charge in [-0.2, -0.15) is 4.79 Å². The summed E-state index contributed by atoms with van der Waals surface area (Å²) in [6, 6.07) is 3.89. The van der Waals surface area contributed by atoms with Crippen LogP contribution in [0.25, 0.3) is 10.9 Å². The first-order valence-electron chi connectivity index (χ1n) is 10.7. The Balaban J connectivity index is 2.01. The average molecular weight is 448 g/mol. The maximum atomic E-state index is 14.6. The van der Waals surface area contributed by atoms with Crippen LogP contribution in [0.5, 0.6) is 0 Å². The smallest absolute Gasteiger partial charge is 0.341 e. The SMILES string of the molecule is CC(C)CN1CCN(c2ccc3c(=O)c(C(=O)O)cn(F)c3c2)C(C(=O)OC(C)(C)C)C1. The van der Waals surface area contributed by atoms with Crippen molar-refractivity contribution in [1.29, 1.82) is 0 Å². The number of fused-ring (bicyclic) bond motifs is 1. The van der Waals surface area contributed by atoms with Crippen LogP contribution in [0.15, 0.2) is 29.2 Å². The highest BCUT2D eigenvalue weighted by atomic mass is 19.2. The number of esters is 1. The first kappa shape index (κ1) is 23.7. The Hall–Kier alpha value is -2.94.